The molecule has 0 fully saturated rings. The lowest BCUT2D eigenvalue weighted by molar-refractivity contribution is -0.120. The highest BCUT2D eigenvalue weighted by Crippen LogP contribution is 2.29. The number of hydrogen-bond acceptors (Lipinski definition) is 9. The van der Waals surface area contributed by atoms with E-state index < -0.39 is 48.1 Å². The van der Waals surface area contributed by atoms with Gasteiger partial charge in [-0.3, -0.25) is 14.4 Å². The molecule has 6 unspecified atom stereocenters. The maximum absolute atomic E-state index is 13.6. The van der Waals surface area contributed by atoms with Crippen LogP contribution in [-0.2, 0) is 28.6 Å². The Hall–Kier alpha value is -3.54. The Balaban J connectivity index is 2.61. The van der Waals surface area contributed by atoms with Crippen LogP contribution in [0.5, 0.6) is 0 Å². The van der Waals surface area contributed by atoms with Crippen molar-refractivity contribution in [1.29, 1.82) is 0 Å². The minimum absolute atomic E-state index is 0.102. The molecule has 6 atom stereocenters. The fourth-order valence-corrected chi connectivity index (χ4v) is 5.17. The van der Waals surface area contributed by atoms with Crippen molar-refractivity contribution in [1.82, 2.24) is 10.6 Å². The highest BCUT2D eigenvalue weighted by molar-refractivity contribution is 6.23. The van der Waals surface area contributed by atoms with Crippen molar-refractivity contribution < 1.29 is 38.5 Å². The molecule has 0 aromatic rings. The molecule has 0 aromatic carbocycles. The number of ketones is 2. The molecule has 0 radical (unpaired) electrons. The summed E-state index contributed by atoms with van der Waals surface area (Å²) >= 11 is 0. The first-order valence-electron chi connectivity index (χ1n) is 14.7. The van der Waals surface area contributed by atoms with Crippen LogP contribution in [0.1, 0.15) is 60.3 Å². The van der Waals surface area contributed by atoms with E-state index in [9.17, 15) is 24.3 Å². The highest BCUT2D eigenvalue weighted by Gasteiger charge is 2.33. The number of Topliss-reactive ketones (excluding diaryl/α,β-unsaturated/α-hetero) is 1. The van der Waals surface area contributed by atoms with E-state index in [1.54, 1.807) is 32.1 Å². The van der Waals surface area contributed by atoms with E-state index in [2.05, 4.69) is 10.6 Å². The maximum Gasteiger partial charge on any atom is 0.405 e. The third-order valence-electron chi connectivity index (χ3n) is 7.63. The third kappa shape index (κ3) is 10.0. The number of allylic oxidation sites excluding steroid dienone is 4. The van der Waals surface area contributed by atoms with Gasteiger partial charge in [-0.2, -0.15) is 0 Å². The number of ether oxygens (including phenoxy) is 3. The van der Waals surface area contributed by atoms with E-state index in [-0.39, 0.29) is 40.7 Å². The molecule has 238 valence electrons. The van der Waals surface area contributed by atoms with Crippen LogP contribution < -0.4 is 16.4 Å². The van der Waals surface area contributed by atoms with Crippen LogP contribution in [-0.4, -0.2) is 73.9 Å². The topological polar surface area (TPSA) is 166 Å². The minimum Gasteiger partial charge on any atom is -0.439 e. The summed E-state index contributed by atoms with van der Waals surface area (Å²) in [7, 11) is 2.94. The lowest BCUT2D eigenvalue weighted by Crippen LogP contribution is -2.38. The zero-order valence-electron chi connectivity index (χ0n) is 26.3. The van der Waals surface area contributed by atoms with Gasteiger partial charge in [0.25, 0.3) is 5.91 Å². The Morgan fingerprint density at radius 1 is 1.16 bits per heavy atom. The first-order chi connectivity index (χ1) is 20.3. The summed E-state index contributed by atoms with van der Waals surface area (Å²) in [5.74, 6) is -2.00. The third-order valence-corrected chi connectivity index (χ3v) is 7.63. The van der Waals surface area contributed by atoms with Crippen LogP contribution in [0.25, 0.3) is 0 Å². The minimum atomic E-state index is -0.994. The van der Waals surface area contributed by atoms with E-state index >= 15 is 0 Å². The summed E-state index contributed by atoms with van der Waals surface area (Å²) in [6.45, 7) is 9.59. The van der Waals surface area contributed by atoms with Gasteiger partial charge < -0.3 is 35.7 Å². The van der Waals surface area contributed by atoms with Gasteiger partial charge in [0.2, 0.25) is 11.6 Å². The van der Waals surface area contributed by atoms with Crippen LogP contribution in [0.2, 0.25) is 0 Å². The molecule has 1 aliphatic heterocycles. The highest BCUT2D eigenvalue weighted by atomic mass is 16.6. The molecule has 0 aromatic heterocycles. The smallest absolute Gasteiger partial charge is 0.405 e. The SMILES string of the molecule is CCCCNC1=C2CC(C)CC(OC)C(O)C(C)/C=C(\C)C(OC(N)=O)C(OC)/C=C\C=C(/C)C(=O)NC(=CC1=O)C2=O. The van der Waals surface area contributed by atoms with Crippen LogP contribution in [0.3, 0.4) is 0 Å². The molecule has 2 aliphatic rings. The number of fused-ring (bicyclic) bond motifs is 2. The van der Waals surface area contributed by atoms with Crippen molar-refractivity contribution in [3.05, 3.63) is 58.5 Å². The number of carbonyl (C=O) groups is 4. The predicted molar refractivity (Wildman–Crippen MR) is 162 cm³/mol. The molecule has 0 spiro atoms. The summed E-state index contributed by atoms with van der Waals surface area (Å²) < 4.78 is 16.6. The predicted octanol–water partition coefficient (Wildman–Crippen LogP) is 3.15. The number of nitrogens with two attached hydrogens (primary N) is 1. The molecule has 1 aliphatic carbocycles. The van der Waals surface area contributed by atoms with Crippen molar-refractivity contribution >= 4 is 23.6 Å². The monoisotopic (exact) mass is 601 g/mol. The molecule has 43 heavy (non-hydrogen) atoms. The van der Waals surface area contributed by atoms with Crippen molar-refractivity contribution in [3.8, 4) is 0 Å². The van der Waals surface area contributed by atoms with E-state index in [1.807, 2.05) is 20.8 Å². The molecule has 11 heteroatoms. The normalized spacial score (nSPS) is 31.3. The second-order valence-corrected chi connectivity index (χ2v) is 11.2. The summed E-state index contributed by atoms with van der Waals surface area (Å²) in [4.78, 5) is 51.6. The van der Waals surface area contributed by atoms with E-state index in [4.69, 9.17) is 19.9 Å². The number of primary amides is 1. The number of carbonyl (C=O) groups excluding carboxylic acids is 4. The second-order valence-electron chi connectivity index (χ2n) is 11.2. The van der Waals surface area contributed by atoms with Crippen molar-refractivity contribution in [2.24, 2.45) is 17.6 Å². The van der Waals surface area contributed by atoms with E-state index in [0.29, 0.717) is 18.5 Å². The largest absolute Gasteiger partial charge is 0.439 e. The van der Waals surface area contributed by atoms with Crippen LogP contribution in [0, 0.1) is 11.8 Å². The number of rotatable bonds is 7. The maximum atomic E-state index is 13.6. The number of amides is 2. The lowest BCUT2D eigenvalue weighted by Gasteiger charge is -2.30. The van der Waals surface area contributed by atoms with Gasteiger partial charge in [0.15, 0.2) is 6.10 Å². The van der Waals surface area contributed by atoms with Gasteiger partial charge in [-0.1, -0.05) is 51.5 Å². The van der Waals surface area contributed by atoms with Gasteiger partial charge in [-0.15, -0.1) is 0 Å². The molecule has 1 heterocycles. The number of unbranched alkanes of at least 4 members (excludes halogenated alkanes) is 1. The Morgan fingerprint density at radius 3 is 2.47 bits per heavy atom. The Morgan fingerprint density at radius 2 is 1.86 bits per heavy atom. The van der Waals surface area contributed by atoms with Gasteiger partial charge in [0.1, 0.15) is 6.10 Å². The van der Waals surface area contributed by atoms with Crippen LogP contribution in [0.4, 0.5) is 4.79 Å². The molecular formula is C32H47N3O8. The first-order valence-corrected chi connectivity index (χ1v) is 14.7. The molecular weight excluding hydrogens is 554 g/mol. The molecule has 11 nitrogen and oxygen atoms in total. The average molecular weight is 602 g/mol. The van der Waals surface area contributed by atoms with Gasteiger partial charge in [0, 0.05) is 43.9 Å². The summed E-state index contributed by atoms with van der Waals surface area (Å²) in [6.07, 6.45) is 5.69. The van der Waals surface area contributed by atoms with Gasteiger partial charge in [-0.25, -0.2) is 4.79 Å². The summed E-state index contributed by atoms with van der Waals surface area (Å²) in [5, 5.41) is 17.0. The first kappa shape index (κ1) is 35.7. The number of nitrogens with one attached hydrogen (secondary N) is 2. The van der Waals surface area contributed by atoms with Gasteiger partial charge >= 0.3 is 6.09 Å². The Labute approximate surface area is 254 Å². The van der Waals surface area contributed by atoms with E-state index in [0.717, 1.165) is 18.9 Å². The standard InChI is InChI=1S/C32H47N3O8/c1-8-9-13-34-27-22-14-18(2)15-26(42-7)28(37)20(4)16-21(5)30(43-32(33)40)25(41-6)12-10-11-19(3)31(39)35-23(29(22)38)17-24(27)36/h10-12,16-18,20,25-26,28,30,34,37H,8-9,13-15H2,1-7H3,(H2,33,40)(H,35,39)/b12-10-,19-11+,21-16+. The van der Waals surface area contributed by atoms with E-state index in [1.165, 1.54) is 20.3 Å². The molecule has 2 bridgehead atoms. The quantitative estimate of drug-likeness (QED) is 0.195. The fraction of sp³-hybridized carbons (Fsp3) is 0.562. The van der Waals surface area contributed by atoms with Gasteiger partial charge in [-0.05, 0) is 44.6 Å². The van der Waals surface area contributed by atoms with Gasteiger partial charge in [0.05, 0.1) is 23.6 Å². The molecule has 2 rings (SSSR count). The number of aliphatic hydroxyl groups excluding tert-OH is 1. The second kappa shape index (κ2) is 16.9. The van der Waals surface area contributed by atoms with Crippen LogP contribution >= 0.6 is 0 Å². The average Bonchev–Trinajstić information content (AvgIpc) is 2.95. The zero-order valence-corrected chi connectivity index (χ0v) is 26.3. The number of hydrogen-bond donors (Lipinski definition) is 4. The molecule has 5 N–H and O–H groups in total. The number of methoxy groups -OCH3 is 2. The summed E-state index contributed by atoms with van der Waals surface area (Å²) in [5.41, 5.74) is 6.62. The van der Waals surface area contributed by atoms with Crippen LogP contribution in [0.15, 0.2) is 58.5 Å². The summed E-state index contributed by atoms with van der Waals surface area (Å²) in [6, 6.07) is 0. The molecule has 0 saturated heterocycles. The van der Waals surface area contributed by atoms with Crippen molar-refractivity contribution in [2.75, 3.05) is 20.8 Å². The Bertz CT molecular complexity index is 1200. The molecule has 2 amide bonds. The molecule has 0 saturated carbocycles. The fourth-order valence-electron chi connectivity index (χ4n) is 5.17. The van der Waals surface area contributed by atoms with Crippen molar-refractivity contribution in [3.63, 3.8) is 0 Å². The number of aliphatic hydroxyl groups is 1. The van der Waals surface area contributed by atoms with Crippen molar-refractivity contribution in [2.45, 2.75) is 84.7 Å². The zero-order chi connectivity index (χ0) is 32.3. The Kier molecular flexibility index (Phi) is 14.0. The lowest BCUT2D eigenvalue weighted by atomic mass is 9.85.